The summed E-state index contributed by atoms with van der Waals surface area (Å²) in [5, 5.41) is 2.82. The molecular formula is C23H34N6O2. The first-order valence-corrected chi connectivity index (χ1v) is 11.5. The van der Waals surface area contributed by atoms with Crippen LogP contribution in [0.3, 0.4) is 0 Å². The number of carbonyl (C=O) groups excluding carboxylic acids is 1. The molecule has 0 radical (unpaired) electrons. The molecule has 0 aromatic carbocycles. The molecule has 3 N–H and O–H groups in total. The van der Waals surface area contributed by atoms with E-state index in [1.54, 1.807) is 0 Å². The van der Waals surface area contributed by atoms with Gasteiger partial charge in [-0.3, -0.25) is 4.79 Å². The van der Waals surface area contributed by atoms with E-state index in [4.69, 9.17) is 10.5 Å². The highest BCUT2D eigenvalue weighted by Crippen LogP contribution is 2.34. The lowest BCUT2D eigenvalue weighted by atomic mass is 9.96. The van der Waals surface area contributed by atoms with Crippen LogP contribution in [-0.2, 0) is 4.79 Å². The molecule has 1 fully saturated rings. The number of anilines is 3. The Morgan fingerprint density at radius 3 is 2.84 bits per heavy atom. The van der Waals surface area contributed by atoms with Gasteiger partial charge in [0.05, 0.1) is 12.6 Å². The highest BCUT2D eigenvalue weighted by molar-refractivity contribution is 6.03. The predicted octanol–water partition coefficient (Wildman–Crippen LogP) is 2.98. The second kappa shape index (κ2) is 9.68. The van der Waals surface area contributed by atoms with Gasteiger partial charge in [0.25, 0.3) is 0 Å². The van der Waals surface area contributed by atoms with Crippen LogP contribution in [0.5, 0.6) is 6.01 Å². The van der Waals surface area contributed by atoms with Crippen molar-refractivity contribution < 1.29 is 9.53 Å². The number of allylic oxidation sites excluding steroid dienone is 1. The molecule has 31 heavy (non-hydrogen) atoms. The number of nitrogens with one attached hydrogen (secondary N) is 1. The number of amides is 1. The van der Waals surface area contributed by atoms with Gasteiger partial charge in [-0.1, -0.05) is 31.6 Å². The molecule has 0 spiro atoms. The number of fused-ring (bicyclic) bond motifs is 1. The number of ether oxygens (including phenoxy) is 1. The third-order valence-corrected chi connectivity index (χ3v) is 6.13. The third-order valence-electron chi connectivity index (χ3n) is 6.13. The lowest BCUT2D eigenvalue weighted by Crippen LogP contribution is -2.40. The van der Waals surface area contributed by atoms with E-state index in [1.165, 1.54) is 31.5 Å². The standard InChI is InChI=1S/C23H34N6O2/c1-3-6-16(2)31-23-26-21(24)20-22(27-23)29(15-19(30)25-20)14-18-9-7-17(8-10-18)13-28-11-4-5-12-28/h7,9-10,16-17H,3-6,8,11-15H2,1-2H3,(H,25,30)(H2,24,26,27)/t16-,17?/m0/s1. The van der Waals surface area contributed by atoms with Gasteiger partial charge in [0.2, 0.25) is 5.91 Å². The van der Waals surface area contributed by atoms with Gasteiger partial charge in [-0.2, -0.15) is 9.97 Å². The number of aromatic nitrogens is 2. The van der Waals surface area contributed by atoms with Crippen molar-refractivity contribution in [1.29, 1.82) is 0 Å². The fourth-order valence-electron chi connectivity index (χ4n) is 4.53. The van der Waals surface area contributed by atoms with Crippen molar-refractivity contribution in [2.75, 3.05) is 48.7 Å². The van der Waals surface area contributed by atoms with Crippen LogP contribution in [0.25, 0.3) is 0 Å². The van der Waals surface area contributed by atoms with Crippen LogP contribution in [0.1, 0.15) is 46.0 Å². The number of carbonyl (C=O) groups is 1. The zero-order chi connectivity index (χ0) is 21.8. The normalized spacial score (nSPS) is 22.1. The summed E-state index contributed by atoms with van der Waals surface area (Å²) in [6.07, 6.45) is 12.4. The van der Waals surface area contributed by atoms with E-state index in [-0.39, 0.29) is 30.4 Å². The highest BCUT2D eigenvalue weighted by atomic mass is 16.5. The minimum absolute atomic E-state index is 0.00519. The Hall–Kier alpha value is -2.61. The monoisotopic (exact) mass is 426 g/mol. The summed E-state index contributed by atoms with van der Waals surface area (Å²) in [4.78, 5) is 25.7. The Morgan fingerprint density at radius 1 is 1.32 bits per heavy atom. The van der Waals surface area contributed by atoms with E-state index >= 15 is 0 Å². The fourth-order valence-corrected chi connectivity index (χ4v) is 4.53. The summed E-state index contributed by atoms with van der Waals surface area (Å²) in [5.74, 6) is 1.32. The van der Waals surface area contributed by atoms with Crippen LogP contribution in [0, 0.1) is 5.92 Å². The van der Waals surface area contributed by atoms with E-state index in [2.05, 4.69) is 45.3 Å². The molecule has 3 heterocycles. The van der Waals surface area contributed by atoms with Crippen molar-refractivity contribution in [3.63, 3.8) is 0 Å². The number of hydrogen-bond donors (Lipinski definition) is 2. The molecule has 8 nitrogen and oxygen atoms in total. The smallest absolute Gasteiger partial charge is 0.320 e. The van der Waals surface area contributed by atoms with Crippen molar-refractivity contribution in [3.8, 4) is 6.01 Å². The minimum Gasteiger partial charge on any atom is -0.460 e. The Labute approximate surface area is 184 Å². The lowest BCUT2D eigenvalue weighted by molar-refractivity contribution is -0.115. The van der Waals surface area contributed by atoms with Gasteiger partial charge >= 0.3 is 6.01 Å². The summed E-state index contributed by atoms with van der Waals surface area (Å²) < 4.78 is 5.87. The maximum Gasteiger partial charge on any atom is 0.320 e. The van der Waals surface area contributed by atoms with E-state index < -0.39 is 0 Å². The molecule has 1 aliphatic carbocycles. The zero-order valence-corrected chi connectivity index (χ0v) is 18.6. The minimum atomic E-state index is -0.108. The number of likely N-dealkylation sites (tertiary alicyclic amines) is 1. The van der Waals surface area contributed by atoms with Crippen LogP contribution in [-0.4, -0.2) is 59.6 Å². The number of nitrogens with zero attached hydrogens (tertiary/aromatic N) is 4. The van der Waals surface area contributed by atoms with E-state index in [0.717, 1.165) is 25.8 Å². The van der Waals surface area contributed by atoms with Gasteiger partial charge in [-0.15, -0.1) is 0 Å². The molecule has 1 unspecified atom stereocenters. The molecular weight excluding hydrogens is 392 g/mol. The van der Waals surface area contributed by atoms with Crippen LogP contribution >= 0.6 is 0 Å². The summed E-state index contributed by atoms with van der Waals surface area (Å²) >= 11 is 0. The first-order chi connectivity index (χ1) is 15.0. The first kappa shape index (κ1) is 21.6. The average molecular weight is 427 g/mol. The molecule has 168 valence electrons. The third kappa shape index (κ3) is 5.36. The molecule has 8 heteroatoms. The van der Waals surface area contributed by atoms with Crippen LogP contribution in [0.15, 0.2) is 23.8 Å². The SMILES string of the molecule is CCC[C@H](C)Oc1nc(N)c2c(n1)N(CC1=CCC(CN3CCCC3)C=C1)CC(=O)N2. The van der Waals surface area contributed by atoms with E-state index in [0.29, 0.717) is 24.0 Å². The second-order valence-corrected chi connectivity index (χ2v) is 8.85. The van der Waals surface area contributed by atoms with Crippen LogP contribution in [0.2, 0.25) is 0 Å². The Balaban J connectivity index is 1.46. The molecule has 1 aromatic heterocycles. The van der Waals surface area contributed by atoms with E-state index in [9.17, 15) is 4.79 Å². The lowest BCUT2D eigenvalue weighted by Gasteiger charge is -2.31. The molecule has 0 saturated carbocycles. The highest BCUT2D eigenvalue weighted by Gasteiger charge is 2.28. The molecule has 1 saturated heterocycles. The van der Waals surface area contributed by atoms with Crippen molar-refractivity contribution in [1.82, 2.24) is 14.9 Å². The van der Waals surface area contributed by atoms with E-state index in [1.807, 2.05) is 11.8 Å². The van der Waals surface area contributed by atoms with Gasteiger partial charge in [0.1, 0.15) is 5.69 Å². The molecule has 1 aromatic rings. The molecule has 0 bridgehead atoms. The number of nitrogen functional groups attached to an aromatic ring is 1. The zero-order valence-electron chi connectivity index (χ0n) is 18.6. The number of nitrogens with two attached hydrogens (primary N) is 1. The van der Waals surface area contributed by atoms with Gasteiger partial charge in [0, 0.05) is 13.1 Å². The number of hydrogen-bond acceptors (Lipinski definition) is 7. The maximum absolute atomic E-state index is 12.3. The fraction of sp³-hybridized carbons (Fsp3) is 0.609. The van der Waals surface area contributed by atoms with Gasteiger partial charge < -0.3 is 25.6 Å². The van der Waals surface area contributed by atoms with Crippen molar-refractivity contribution in [3.05, 3.63) is 23.8 Å². The largest absolute Gasteiger partial charge is 0.460 e. The Bertz CT molecular complexity index is 862. The molecule has 3 aliphatic rings. The molecule has 2 atom stereocenters. The summed E-state index contributed by atoms with van der Waals surface area (Å²) in [5.41, 5.74) is 7.80. The maximum atomic E-state index is 12.3. The Morgan fingerprint density at radius 2 is 2.13 bits per heavy atom. The predicted molar refractivity (Wildman–Crippen MR) is 123 cm³/mol. The van der Waals surface area contributed by atoms with Gasteiger partial charge in [-0.05, 0) is 57.2 Å². The average Bonchev–Trinajstić information content (AvgIpc) is 3.23. The van der Waals surface area contributed by atoms with Crippen molar-refractivity contribution in [2.45, 2.75) is 52.1 Å². The Kier molecular flexibility index (Phi) is 6.75. The number of rotatable bonds is 8. The van der Waals surface area contributed by atoms with Crippen LogP contribution in [0.4, 0.5) is 17.3 Å². The van der Waals surface area contributed by atoms with Gasteiger partial charge in [-0.25, -0.2) is 0 Å². The summed E-state index contributed by atoms with van der Waals surface area (Å²) in [7, 11) is 0. The molecule has 1 amide bonds. The first-order valence-electron chi connectivity index (χ1n) is 11.5. The quantitative estimate of drug-likeness (QED) is 0.660. The van der Waals surface area contributed by atoms with Crippen LogP contribution < -0.4 is 20.7 Å². The summed E-state index contributed by atoms with van der Waals surface area (Å²) in [6.45, 7) is 8.53. The van der Waals surface area contributed by atoms with Crippen molar-refractivity contribution in [2.24, 2.45) is 5.92 Å². The molecule has 2 aliphatic heterocycles. The molecule has 4 rings (SSSR count). The topological polar surface area (TPSA) is 96.6 Å². The summed E-state index contributed by atoms with van der Waals surface area (Å²) in [6, 6.07) is 0.261. The second-order valence-electron chi connectivity index (χ2n) is 8.85. The van der Waals surface area contributed by atoms with Crippen molar-refractivity contribution >= 4 is 23.2 Å². The van der Waals surface area contributed by atoms with Gasteiger partial charge in [0.15, 0.2) is 11.6 Å².